The highest BCUT2D eigenvalue weighted by Gasteiger charge is 2.40. The molecule has 0 bridgehead atoms. The number of rotatable bonds is 7. The fourth-order valence-corrected chi connectivity index (χ4v) is 1.16. The van der Waals surface area contributed by atoms with Crippen molar-refractivity contribution in [2.75, 3.05) is 42.7 Å². The van der Waals surface area contributed by atoms with E-state index in [0.29, 0.717) is 6.54 Å². The molecule has 0 atom stereocenters. The summed E-state index contributed by atoms with van der Waals surface area (Å²) < 4.78 is 49.8. The number of halogens is 4. The standard InChI is InChI=1S/C10H16F4N6/c1-4-15-7-17-8(19-9(18-7)20(2)3)16-5-10(13,14)6(11)12/h6H,4-5H2,1-3H3,(H2,15,16,17,18,19). The number of aromatic nitrogens is 3. The molecule has 1 heterocycles. The predicted molar refractivity (Wildman–Crippen MR) is 67.8 cm³/mol. The lowest BCUT2D eigenvalue weighted by atomic mass is 10.3. The van der Waals surface area contributed by atoms with Gasteiger partial charge in [-0.25, -0.2) is 8.78 Å². The quantitative estimate of drug-likeness (QED) is 0.746. The van der Waals surface area contributed by atoms with Crippen LogP contribution in [0.1, 0.15) is 6.92 Å². The van der Waals surface area contributed by atoms with Crippen molar-refractivity contribution in [2.24, 2.45) is 0 Å². The highest BCUT2D eigenvalue weighted by molar-refractivity contribution is 5.43. The number of anilines is 3. The Balaban J connectivity index is 2.88. The van der Waals surface area contributed by atoms with E-state index in [1.807, 2.05) is 0 Å². The Morgan fingerprint density at radius 3 is 2.10 bits per heavy atom. The summed E-state index contributed by atoms with van der Waals surface area (Å²) in [7, 11) is 3.31. The molecule has 0 amide bonds. The summed E-state index contributed by atoms with van der Waals surface area (Å²) in [6.07, 6.45) is -3.75. The first-order valence-corrected chi connectivity index (χ1v) is 5.83. The maximum atomic E-state index is 12.8. The Hall–Kier alpha value is -1.87. The minimum absolute atomic E-state index is 0.175. The van der Waals surface area contributed by atoms with Gasteiger partial charge in [0, 0.05) is 20.6 Å². The van der Waals surface area contributed by atoms with E-state index in [-0.39, 0.29) is 17.8 Å². The summed E-state index contributed by atoms with van der Waals surface area (Å²) in [6, 6.07) is 0. The summed E-state index contributed by atoms with van der Waals surface area (Å²) in [4.78, 5) is 13.2. The summed E-state index contributed by atoms with van der Waals surface area (Å²) in [5.74, 6) is -3.95. The molecule has 0 aliphatic heterocycles. The molecule has 1 aromatic heterocycles. The molecule has 114 valence electrons. The average Bonchev–Trinajstić information content (AvgIpc) is 2.36. The highest BCUT2D eigenvalue weighted by Crippen LogP contribution is 2.23. The molecule has 0 saturated heterocycles. The van der Waals surface area contributed by atoms with E-state index in [9.17, 15) is 17.6 Å². The molecule has 0 aliphatic carbocycles. The van der Waals surface area contributed by atoms with Crippen LogP contribution in [0.25, 0.3) is 0 Å². The third kappa shape index (κ3) is 4.35. The minimum Gasteiger partial charge on any atom is -0.354 e. The van der Waals surface area contributed by atoms with Gasteiger partial charge in [-0.3, -0.25) is 0 Å². The van der Waals surface area contributed by atoms with E-state index in [1.165, 1.54) is 0 Å². The highest BCUT2D eigenvalue weighted by atomic mass is 19.3. The van der Waals surface area contributed by atoms with Gasteiger partial charge in [0.2, 0.25) is 17.8 Å². The van der Waals surface area contributed by atoms with Gasteiger partial charge in [-0.05, 0) is 6.92 Å². The zero-order valence-electron chi connectivity index (χ0n) is 11.3. The Kier molecular flexibility index (Phi) is 5.28. The number of hydrogen-bond donors (Lipinski definition) is 2. The molecule has 2 N–H and O–H groups in total. The third-order valence-corrected chi connectivity index (χ3v) is 2.16. The molecule has 0 unspecified atom stereocenters. The second-order valence-electron chi connectivity index (χ2n) is 4.12. The van der Waals surface area contributed by atoms with Crippen LogP contribution in [-0.4, -0.2) is 54.5 Å². The summed E-state index contributed by atoms with van der Waals surface area (Å²) in [5.41, 5.74) is 0. The van der Waals surface area contributed by atoms with Crippen LogP contribution in [0, 0.1) is 0 Å². The van der Waals surface area contributed by atoms with Gasteiger partial charge in [0.05, 0.1) is 6.54 Å². The van der Waals surface area contributed by atoms with Gasteiger partial charge in [0.15, 0.2) is 0 Å². The smallest absolute Gasteiger partial charge is 0.324 e. The van der Waals surface area contributed by atoms with Crippen LogP contribution < -0.4 is 15.5 Å². The first kappa shape index (κ1) is 16.2. The van der Waals surface area contributed by atoms with E-state index < -0.39 is 18.9 Å². The molecule has 0 spiro atoms. The third-order valence-electron chi connectivity index (χ3n) is 2.16. The van der Waals surface area contributed by atoms with Crippen molar-refractivity contribution in [3.8, 4) is 0 Å². The van der Waals surface area contributed by atoms with Crippen molar-refractivity contribution in [3.63, 3.8) is 0 Å². The molecular formula is C10H16F4N6. The lowest BCUT2D eigenvalue weighted by Gasteiger charge is -2.17. The topological polar surface area (TPSA) is 66.0 Å². The van der Waals surface area contributed by atoms with Crippen molar-refractivity contribution in [1.29, 1.82) is 0 Å². The molecule has 0 saturated carbocycles. The molecule has 1 aromatic rings. The molecule has 0 aliphatic rings. The Morgan fingerprint density at radius 2 is 1.65 bits per heavy atom. The van der Waals surface area contributed by atoms with E-state index in [2.05, 4.69) is 25.6 Å². The van der Waals surface area contributed by atoms with E-state index in [4.69, 9.17) is 0 Å². The zero-order valence-corrected chi connectivity index (χ0v) is 11.3. The van der Waals surface area contributed by atoms with Crippen LogP contribution in [0.5, 0.6) is 0 Å². The van der Waals surface area contributed by atoms with Gasteiger partial charge in [-0.2, -0.15) is 23.7 Å². The predicted octanol–water partition coefficient (Wildman–Crippen LogP) is 1.68. The molecule has 0 aromatic carbocycles. The van der Waals surface area contributed by atoms with Gasteiger partial charge in [-0.1, -0.05) is 0 Å². The van der Waals surface area contributed by atoms with Gasteiger partial charge < -0.3 is 15.5 Å². The number of nitrogens with one attached hydrogen (secondary N) is 2. The van der Waals surface area contributed by atoms with Gasteiger partial charge in [0.1, 0.15) is 0 Å². The number of nitrogens with zero attached hydrogens (tertiary/aromatic N) is 4. The second-order valence-corrected chi connectivity index (χ2v) is 4.12. The fourth-order valence-electron chi connectivity index (χ4n) is 1.16. The van der Waals surface area contributed by atoms with Crippen molar-refractivity contribution in [3.05, 3.63) is 0 Å². The SMILES string of the molecule is CCNc1nc(NCC(F)(F)C(F)F)nc(N(C)C)n1. The summed E-state index contributed by atoms with van der Waals surface area (Å²) >= 11 is 0. The molecule has 6 nitrogen and oxygen atoms in total. The van der Waals surface area contributed by atoms with Crippen molar-refractivity contribution >= 4 is 17.8 Å². The summed E-state index contributed by atoms with van der Waals surface area (Å²) in [5, 5.41) is 4.90. The molecular weight excluding hydrogens is 280 g/mol. The normalized spacial score (nSPS) is 11.6. The Labute approximate surface area is 113 Å². The van der Waals surface area contributed by atoms with E-state index in [0.717, 1.165) is 0 Å². The van der Waals surface area contributed by atoms with Crippen molar-refractivity contribution in [1.82, 2.24) is 15.0 Å². The average molecular weight is 296 g/mol. The first-order valence-electron chi connectivity index (χ1n) is 5.83. The maximum absolute atomic E-state index is 12.8. The maximum Gasteiger partial charge on any atom is 0.324 e. The lowest BCUT2D eigenvalue weighted by Crippen LogP contribution is -2.35. The van der Waals surface area contributed by atoms with Crippen LogP contribution >= 0.6 is 0 Å². The number of hydrogen-bond acceptors (Lipinski definition) is 6. The first-order chi connectivity index (χ1) is 9.26. The van der Waals surface area contributed by atoms with Crippen LogP contribution in [0.2, 0.25) is 0 Å². The zero-order chi connectivity index (χ0) is 15.3. The minimum atomic E-state index is -4.15. The van der Waals surface area contributed by atoms with Crippen LogP contribution in [0.15, 0.2) is 0 Å². The molecule has 0 radical (unpaired) electrons. The molecule has 10 heteroatoms. The van der Waals surface area contributed by atoms with Gasteiger partial charge in [-0.15, -0.1) is 0 Å². The van der Waals surface area contributed by atoms with Gasteiger partial charge in [0.25, 0.3) is 0 Å². The fraction of sp³-hybridized carbons (Fsp3) is 0.700. The van der Waals surface area contributed by atoms with Crippen molar-refractivity contribution < 1.29 is 17.6 Å². The second kappa shape index (κ2) is 6.53. The Morgan fingerprint density at radius 1 is 1.10 bits per heavy atom. The van der Waals surface area contributed by atoms with Crippen LogP contribution in [0.3, 0.4) is 0 Å². The monoisotopic (exact) mass is 296 g/mol. The lowest BCUT2D eigenvalue weighted by molar-refractivity contribution is -0.117. The van der Waals surface area contributed by atoms with Crippen LogP contribution in [0.4, 0.5) is 35.4 Å². The molecule has 0 fully saturated rings. The van der Waals surface area contributed by atoms with E-state index >= 15 is 0 Å². The van der Waals surface area contributed by atoms with Crippen LogP contribution in [-0.2, 0) is 0 Å². The largest absolute Gasteiger partial charge is 0.354 e. The van der Waals surface area contributed by atoms with Crippen molar-refractivity contribution in [2.45, 2.75) is 19.3 Å². The summed E-state index contributed by atoms with van der Waals surface area (Å²) in [6.45, 7) is 1.06. The van der Waals surface area contributed by atoms with E-state index in [1.54, 1.807) is 25.9 Å². The number of alkyl halides is 4. The molecule has 1 rings (SSSR count). The Bertz CT molecular complexity index is 440. The molecule has 20 heavy (non-hydrogen) atoms. The van der Waals surface area contributed by atoms with Gasteiger partial charge >= 0.3 is 12.3 Å².